The predicted molar refractivity (Wildman–Crippen MR) is 426 cm³/mol. The Bertz CT molecular complexity index is 5680. The topological polar surface area (TPSA) is 270 Å². The summed E-state index contributed by atoms with van der Waals surface area (Å²) in [6.45, 7) is 1.69. The average Bonchev–Trinajstić information content (AvgIpc) is 1.61. The highest BCUT2D eigenvalue weighted by Crippen LogP contribution is 2.39. The molecule has 2 unspecified atom stereocenters. The number of rotatable bonds is 24. The van der Waals surface area contributed by atoms with Crippen LogP contribution in [0.15, 0.2) is 250 Å². The first kappa shape index (κ1) is 81.4. The number of halogens is 8. The fourth-order valence-corrected chi connectivity index (χ4v) is 14.4. The van der Waals surface area contributed by atoms with Crippen LogP contribution in [0.2, 0.25) is 0 Å². The van der Waals surface area contributed by atoms with Crippen molar-refractivity contribution in [2.45, 2.75) is 115 Å². The summed E-state index contributed by atoms with van der Waals surface area (Å²) < 4.78 is 108. The summed E-state index contributed by atoms with van der Waals surface area (Å²) in [6, 6.07) is 57.2. The largest absolute Gasteiger partial charge is 0.490 e. The van der Waals surface area contributed by atoms with Crippen LogP contribution in [0, 0.1) is 0 Å². The van der Waals surface area contributed by atoms with Gasteiger partial charge in [0.25, 0.3) is 17.7 Å². The Balaban J connectivity index is 0.000000169. The van der Waals surface area contributed by atoms with E-state index >= 15 is 0 Å². The number of imidazole rings is 2. The molecule has 31 heteroatoms. The first-order chi connectivity index (χ1) is 56.5. The average molecular weight is 1730 g/mol. The van der Waals surface area contributed by atoms with E-state index in [0.29, 0.717) is 83.7 Å². The van der Waals surface area contributed by atoms with E-state index in [0.717, 1.165) is 71.9 Å². The molecule has 3 amide bonds. The van der Waals surface area contributed by atoms with E-state index in [1.807, 2.05) is 133 Å². The van der Waals surface area contributed by atoms with Crippen molar-refractivity contribution >= 4 is 55.6 Å². The van der Waals surface area contributed by atoms with Crippen LogP contribution in [-0.2, 0) is 74.3 Å². The minimum absolute atomic E-state index is 0.0254. The zero-order valence-corrected chi connectivity index (χ0v) is 65.4. The molecule has 2 saturated carbocycles. The maximum atomic E-state index is 14.5. The zero-order valence-electron chi connectivity index (χ0n) is 62.2. The van der Waals surface area contributed by atoms with Crippen molar-refractivity contribution in [3.8, 4) is 45.6 Å². The maximum Gasteiger partial charge on any atom is 0.417 e. The number of benzene rings is 8. The molecule has 0 bridgehead atoms. The van der Waals surface area contributed by atoms with E-state index < -0.39 is 53.0 Å². The van der Waals surface area contributed by atoms with Gasteiger partial charge < -0.3 is 44.9 Å². The number of aromatic nitrogens is 8. The number of carboxylic acid groups (broad SMARTS) is 1. The number of alkyl halides is 6. The van der Waals surface area contributed by atoms with E-state index in [2.05, 4.69) is 67.7 Å². The van der Waals surface area contributed by atoms with Gasteiger partial charge in [-0.25, -0.2) is 34.3 Å². The van der Waals surface area contributed by atoms with Crippen LogP contribution in [-0.4, -0.2) is 109 Å². The molecule has 0 saturated heterocycles. The number of aromatic carboxylic acids is 1. The maximum absolute atomic E-state index is 14.5. The summed E-state index contributed by atoms with van der Waals surface area (Å²) in [4.78, 5) is 101. The monoisotopic (exact) mass is 1720 g/mol. The molecular formula is C86H74Br2F6N12O11. The Kier molecular flexibility index (Phi) is 25.3. The third-order valence-corrected chi connectivity index (χ3v) is 20.9. The number of carbonyl (C=O) groups is 4. The lowest BCUT2D eigenvalue weighted by Crippen LogP contribution is -2.50. The van der Waals surface area contributed by atoms with Crippen molar-refractivity contribution < 1.29 is 69.6 Å². The third kappa shape index (κ3) is 19.9. The molecule has 6 heterocycles. The Morgan fingerprint density at radius 2 is 0.932 bits per heavy atom. The van der Waals surface area contributed by atoms with Crippen LogP contribution in [0.4, 0.5) is 26.3 Å². The van der Waals surface area contributed by atoms with E-state index in [-0.39, 0.29) is 101 Å². The SMILES string of the molecule is O=C(NCc1ccccc1-c1ncccn1)c1c2n(c(=O)n1-c1ccc(OC3CC3)cc1)CC(COCc1ccccc1)N(C(=O)c1ccc(Br)c(C(F)(F)F)c1)C2.O=C(NCc1ccccc1-c1ncccn1)c1c2n(c(=O)n1-c1ccc(OC3CC3)cc1)CC(COCc1ccccc1)NC2.O=C(O)c1ccc(Br)c(C(F)(F)F)c1. The highest BCUT2D eigenvalue weighted by molar-refractivity contribution is 9.10. The molecule has 4 N–H and O–H groups in total. The number of hydrogen-bond donors (Lipinski definition) is 4. The van der Waals surface area contributed by atoms with Crippen LogP contribution in [0.1, 0.15) is 112 Å². The number of amides is 3. The fourth-order valence-electron chi connectivity index (χ4n) is 13.4. The summed E-state index contributed by atoms with van der Waals surface area (Å²) in [5.41, 5.74) is 3.80. The molecule has 4 aromatic heterocycles. The first-order valence-corrected chi connectivity index (χ1v) is 38.8. The van der Waals surface area contributed by atoms with E-state index in [9.17, 15) is 55.1 Å². The minimum atomic E-state index is -4.73. The van der Waals surface area contributed by atoms with Gasteiger partial charge in [-0.15, -0.1) is 0 Å². The van der Waals surface area contributed by atoms with Gasteiger partial charge >= 0.3 is 29.7 Å². The van der Waals surface area contributed by atoms with E-state index in [1.54, 1.807) is 65.8 Å². The van der Waals surface area contributed by atoms with Crippen molar-refractivity contribution in [3.63, 3.8) is 0 Å². The number of nitrogens with one attached hydrogen (secondary N) is 3. The zero-order chi connectivity index (χ0) is 81.9. The van der Waals surface area contributed by atoms with Crippen LogP contribution in [0.25, 0.3) is 34.2 Å². The molecule has 0 spiro atoms. The molecule has 23 nitrogen and oxygen atoms in total. The van der Waals surface area contributed by atoms with Gasteiger partial charge in [-0.05, 0) is 145 Å². The number of hydrogen-bond acceptors (Lipinski definition) is 15. The fraction of sp³-hybridized carbons (Fsp3) is 0.233. The lowest BCUT2D eigenvalue weighted by Gasteiger charge is -2.36. The van der Waals surface area contributed by atoms with Gasteiger partial charge in [-0.2, -0.15) is 26.3 Å². The molecular weight excluding hydrogens is 1650 g/mol. The lowest BCUT2D eigenvalue weighted by atomic mass is 10.1. The molecule has 16 rings (SSSR count). The van der Waals surface area contributed by atoms with Gasteiger partial charge in [0.2, 0.25) is 0 Å². The Morgan fingerprint density at radius 3 is 1.39 bits per heavy atom. The second-order valence-corrected chi connectivity index (χ2v) is 29.6. The Hall–Kier alpha value is -12.2. The van der Waals surface area contributed by atoms with Crippen LogP contribution >= 0.6 is 31.9 Å². The summed E-state index contributed by atoms with van der Waals surface area (Å²) in [5, 5.41) is 18.0. The van der Waals surface area contributed by atoms with Crippen molar-refractivity contribution in [2.24, 2.45) is 0 Å². The highest BCUT2D eigenvalue weighted by Gasteiger charge is 2.41. The molecule has 600 valence electrons. The Morgan fingerprint density at radius 1 is 0.504 bits per heavy atom. The Labute approximate surface area is 682 Å². The summed E-state index contributed by atoms with van der Waals surface area (Å²) in [6.07, 6.45) is 1.78. The quantitative estimate of drug-likeness (QED) is 0.0409. The summed E-state index contributed by atoms with van der Waals surface area (Å²) in [7, 11) is 0. The standard InChI is InChI=1S/C43H36BrF3N6O5.C35H34N6O4.C8H4BrF3O2/c44-36-18-11-28(21-35(36)43(45,46)47)41(55)51-24-37-38(40(54)50-22-29-9-4-5-10-34(29)39-48-19-6-20-49-39)53(30-12-14-32(15-13-30)58-33-16-17-33)42(56)52(37)23-31(51)26-57-25-27-7-2-1-3-8-27;42-34(39-19-25-9-4-5-10-30(25)33-36-17-6-18-37-33)32-31-20-38-26(23-44-22-24-7-2-1-3-8-24)21-40(31)35(43)41(32)27-11-13-28(14-12-27)45-29-15-16-29;9-6-2-1-4(7(13)14)3-5(6)8(10,11)12/h1-15,18-21,31,33H,16-17,22-26H2,(H,50,54);1-14,17-18,26,29,38H,15-16,19-23H2,(H,39,42);1-3H,(H,13,14). The predicted octanol–water partition coefficient (Wildman–Crippen LogP) is 15.0. The molecule has 0 radical (unpaired) electrons. The number of ether oxygens (including phenoxy) is 4. The number of nitrogens with zero attached hydrogens (tertiary/aromatic N) is 9. The smallest absolute Gasteiger partial charge is 0.417 e. The van der Waals surface area contributed by atoms with E-state index in [4.69, 9.17) is 24.1 Å². The molecule has 2 aliphatic heterocycles. The summed E-state index contributed by atoms with van der Waals surface area (Å²) >= 11 is 5.66. The van der Waals surface area contributed by atoms with Crippen molar-refractivity contribution in [3.05, 3.63) is 328 Å². The number of fused-ring (bicyclic) bond motifs is 2. The normalized spacial score (nSPS) is 15.0. The highest BCUT2D eigenvalue weighted by atomic mass is 79.9. The molecule has 4 aliphatic rings. The third-order valence-electron chi connectivity index (χ3n) is 19.6. The van der Waals surface area contributed by atoms with Crippen molar-refractivity contribution in [1.82, 2.24) is 59.1 Å². The van der Waals surface area contributed by atoms with Gasteiger partial charge in [-0.1, -0.05) is 141 Å². The molecule has 12 aromatic rings. The van der Waals surface area contributed by atoms with Gasteiger partial charge in [-0.3, -0.25) is 32.7 Å². The molecule has 2 atom stereocenters. The van der Waals surface area contributed by atoms with Crippen LogP contribution in [0.3, 0.4) is 0 Å². The van der Waals surface area contributed by atoms with Crippen molar-refractivity contribution in [1.29, 1.82) is 0 Å². The van der Waals surface area contributed by atoms with E-state index in [1.165, 1.54) is 30.7 Å². The molecule has 8 aromatic carbocycles. The second kappa shape index (κ2) is 36.3. The lowest BCUT2D eigenvalue weighted by molar-refractivity contribution is -0.139. The number of carbonyl (C=O) groups excluding carboxylic acids is 3. The summed E-state index contributed by atoms with van der Waals surface area (Å²) in [5.74, 6) is -0.638. The van der Waals surface area contributed by atoms with Gasteiger partial charge in [0.1, 0.15) is 22.9 Å². The molecule has 2 aliphatic carbocycles. The minimum Gasteiger partial charge on any atom is -0.490 e. The van der Waals surface area contributed by atoms with Gasteiger partial charge in [0, 0.05) is 82.6 Å². The first-order valence-electron chi connectivity index (χ1n) is 37.3. The number of carboxylic acids is 1. The molecule has 117 heavy (non-hydrogen) atoms. The molecule has 2 fully saturated rings. The van der Waals surface area contributed by atoms with Crippen LogP contribution in [0.5, 0.6) is 11.5 Å². The van der Waals surface area contributed by atoms with Crippen molar-refractivity contribution in [2.75, 3.05) is 13.2 Å². The van der Waals surface area contributed by atoms with Gasteiger partial charge in [0.05, 0.1) is 97.2 Å². The van der Waals surface area contributed by atoms with Crippen LogP contribution < -0.4 is 36.8 Å². The second-order valence-electron chi connectivity index (χ2n) is 27.9. The van der Waals surface area contributed by atoms with Gasteiger partial charge in [0.15, 0.2) is 11.6 Å².